The van der Waals surface area contributed by atoms with Gasteiger partial charge in [-0.15, -0.1) is 0 Å². The fraction of sp³-hybridized carbons (Fsp3) is 0.500. The number of amides is 2. The van der Waals surface area contributed by atoms with Crippen LogP contribution in [0.3, 0.4) is 0 Å². The average Bonchev–Trinajstić information content (AvgIpc) is 2.77. The lowest BCUT2D eigenvalue weighted by atomic mass is 9.38. The molecule has 1 saturated heterocycles. The van der Waals surface area contributed by atoms with Gasteiger partial charge < -0.3 is 20.1 Å². The van der Waals surface area contributed by atoms with E-state index in [0.717, 1.165) is 48.5 Å². The third-order valence-corrected chi connectivity index (χ3v) is 7.53. The highest BCUT2D eigenvalue weighted by atomic mass is 16.5. The van der Waals surface area contributed by atoms with E-state index in [9.17, 15) is 9.59 Å². The molecule has 2 unspecified atom stereocenters. The van der Waals surface area contributed by atoms with Crippen molar-refractivity contribution in [1.29, 1.82) is 0 Å². The molecule has 33 heavy (non-hydrogen) atoms. The molecule has 2 heterocycles. The van der Waals surface area contributed by atoms with E-state index in [4.69, 9.17) is 9.47 Å². The molecule has 7 nitrogen and oxygen atoms in total. The Morgan fingerprint density at radius 3 is 2.48 bits per heavy atom. The summed E-state index contributed by atoms with van der Waals surface area (Å²) in [4.78, 5) is 28.6. The summed E-state index contributed by atoms with van der Waals surface area (Å²) < 4.78 is 11.6. The first-order valence-corrected chi connectivity index (χ1v) is 11.8. The molecule has 3 saturated carbocycles. The summed E-state index contributed by atoms with van der Waals surface area (Å²) in [6.07, 6.45) is 3.76. The summed E-state index contributed by atoms with van der Waals surface area (Å²) in [6, 6.07) is 10.2. The molecule has 3 aliphatic carbocycles. The second kappa shape index (κ2) is 8.78. The van der Waals surface area contributed by atoms with Gasteiger partial charge in [-0.3, -0.25) is 9.59 Å². The van der Waals surface area contributed by atoms with E-state index in [2.05, 4.69) is 35.5 Å². The van der Waals surface area contributed by atoms with Crippen LogP contribution < -0.4 is 15.4 Å². The van der Waals surface area contributed by atoms with Crippen molar-refractivity contribution >= 4 is 17.6 Å². The Balaban J connectivity index is 1.24. The maximum atomic E-state index is 12.9. The van der Waals surface area contributed by atoms with Crippen molar-refractivity contribution in [3.63, 3.8) is 0 Å². The molecule has 6 rings (SSSR count). The zero-order valence-corrected chi connectivity index (χ0v) is 19.3. The van der Waals surface area contributed by atoms with Crippen LogP contribution >= 0.6 is 0 Å². The number of nitrogens with zero attached hydrogens (tertiary/aromatic N) is 1. The number of carbonyl (C=O) groups is 2. The minimum Gasteiger partial charge on any atom is -0.490 e. The van der Waals surface area contributed by atoms with E-state index in [0.29, 0.717) is 11.7 Å². The lowest BCUT2D eigenvalue weighted by Gasteiger charge is -2.68. The highest BCUT2D eigenvalue weighted by Gasteiger charge is 2.69. The number of ether oxygens (including phenoxy) is 2. The lowest BCUT2D eigenvalue weighted by molar-refractivity contribution is -0.194. The zero-order chi connectivity index (χ0) is 23.1. The van der Waals surface area contributed by atoms with Gasteiger partial charge in [-0.2, -0.15) is 0 Å². The maximum Gasteiger partial charge on any atom is 0.229 e. The summed E-state index contributed by atoms with van der Waals surface area (Å²) >= 11 is 0. The van der Waals surface area contributed by atoms with E-state index >= 15 is 0 Å². The normalized spacial score (nSPS) is 28.3. The molecule has 2 N–H and O–H groups in total. The van der Waals surface area contributed by atoms with Gasteiger partial charge >= 0.3 is 0 Å². The number of aromatic nitrogens is 1. The number of nitrogens with one attached hydrogen (secondary N) is 2. The van der Waals surface area contributed by atoms with Crippen molar-refractivity contribution in [2.24, 2.45) is 23.7 Å². The first-order chi connectivity index (χ1) is 15.9. The van der Waals surface area contributed by atoms with Crippen LogP contribution in [0, 0.1) is 30.6 Å². The van der Waals surface area contributed by atoms with Crippen LogP contribution in [0.25, 0.3) is 11.1 Å². The van der Waals surface area contributed by atoms with Crippen LogP contribution in [0.2, 0.25) is 0 Å². The SMILES string of the molecule is CC(=O)NC1C2C(C)C1C2C(=O)Nc1cc(-c2ccc(OC3CCOCC3)c(C)c2)ccn1. The summed E-state index contributed by atoms with van der Waals surface area (Å²) in [5.74, 6) is 2.27. The van der Waals surface area contributed by atoms with E-state index in [1.165, 1.54) is 6.92 Å². The van der Waals surface area contributed by atoms with E-state index in [-0.39, 0.29) is 41.7 Å². The largest absolute Gasteiger partial charge is 0.490 e. The first kappa shape index (κ1) is 21.9. The van der Waals surface area contributed by atoms with Crippen molar-refractivity contribution in [3.8, 4) is 16.9 Å². The Hall–Kier alpha value is -2.93. The van der Waals surface area contributed by atoms with Crippen LogP contribution in [-0.4, -0.2) is 42.2 Å². The number of pyridine rings is 1. The Labute approximate surface area is 194 Å². The molecule has 4 aliphatic rings. The van der Waals surface area contributed by atoms with Gasteiger partial charge in [0.15, 0.2) is 0 Å². The second-order valence-corrected chi connectivity index (χ2v) is 9.59. The van der Waals surface area contributed by atoms with Gasteiger partial charge in [0.1, 0.15) is 17.7 Å². The highest BCUT2D eigenvalue weighted by molar-refractivity contribution is 5.94. The standard InChI is InChI=1S/C26H31N3O4/c1-14-12-17(4-5-20(14)33-19-7-10-32-11-8-19)18-6-9-27-21(13-18)29-26(31)24-22-15(2)23(24)25(22)28-16(3)30/h4-6,9,12-13,15,19,22-25H,7-8,10-11H2,1-3H3,(H,28,30)(H,27,29,31). The molecule has 2 amide bonds. The van der Waals surface area contributed by atoms with Crippen molar-refractivity contribution in [2.75, 3.05) is 18.5 Å². The van der Waals surface area contributed by atoms with Gasteiger partial charge in [-0.1, -0.05) is 13.0 Å². The molecule has 1 aromatic heterocycles. The van der Waals surface area contributed by atoms with E-state index in [1.54, 1.807) is 6.20 Å². The highest BCUT2D eigenvalue weighted by Crippen LogP contribution is 2.63. The van der Waals surface area contributed by atoms with Crippen LogP contribution in [-0.2, 0) is 14.3 Å². The maximum absolute atomic E-state index is 12.9. The van der Waals surface area contributed by atoms with Gasteiger partial charge in [0.2, 0.25) is 11.8 Å². The molecule has 1 aromatic carbocycles. The van der Waals surface area contributed by atoms with Crippen LogP contribution in [0.5, 0.6) is 5.75 Å². The van der Waals surface area contributed by atoms with Crippen LogP contribution in [0.4, 0.5) is 5.82 Å². The molecule has 1 aliphatic heterocycles. The Kier molecular flexibility index (Phi) is 5.83. The molecule has 2 atom stereocenters. The Morgan fingerprint density at radius 1 is 1.09 bits per heavy atom. The molecule has 2 aromatic rings. The topological polar surface area (TPSA) is 89.6 Å². The predicted octanol–water partition coefficient (Wildman–Crippen LogP) is 3.57. The smallest absolute Gasteiger partial charge is 0.229 e. The van der Waals surface area contributed by atoms with Gasteiger partial charge in [-0.25, -0.2) is 4.98 Å². The summed E-state index contributed by atoms with van der Waals surface area (Å²) in [5, 5.41) is 5.96. The van der Waals surface area contributed by atoms with Crippen molar-refractivity contribution < 1.29 is 19.1 Å². The number of carbonyl (C=O) groups excluding carboxylic acids is 2. The number of benzene rings is 1. The molecule has 7 heteroatoms. The number of anilines is 1. The number of rotatable bonds is 6. The monoisotopic (exact) mass is 449 g/mol. The Bertz CT molecular complexity index is 1050. The van der Waals surface area contributed by atoms with Gasteiger partial charge in [0, 0.05) is 37.9 Å². The first-order valence-electron chi connectivity index (χ1n) is 11.8. The van der Waals surface area contributed by atoms with Crippen molar-refractivity contribution in [2.45, 2.75) is 45.8 Å². The van der Waals surface area contributed by atoms with Gasteiger partial charge in [0.25, 0.3) is 0 Å². The predicted molar refractivity (Wildman–Crippen MR) is 125 cm³/mol. The second-order valence-electron chi connectivity index (χ2n) is 9.59. The number of hydrogen-bond donors (Lipinski definition) is 2. The summed E-state index contributed by atoms with van der Waals surface area (Å²) in [5.41, 5.74) is 3.12. The molecule has 174 valence electrons. The van der Waals surface area contributed by atoms with Gasteiger partial charge in [-0.05, 0) is 65.6 Å². The van der Waals surface area contributed by atoms with Gasteiger partial charge in [0.05, 0.1) is 13.2 Å². The fourth-order valence-corrected chi connectivity index (χ4v) is 5.69. The molecular weight excluding hydrogens is 418 g/mol. The minimum absolute atomic E-state index is 0.00857. The number of aryl methyl sites for hydroxylation is 1. The van der Waals surface area contributed by atoms with E-state index < -0.39 is 0 Å². The molecule has 2 bridgehead atoms. The molecule has 4 fully saturated rings. The zero-order valence-electron chi connectivity index (χ0n) is 19.3. The van der Waals surface area contributed by atoms with Crippen molar-refractivity contribution in [1.82, 2.24) is 10.3 Å². The third-order valence-electron chi connectivity index (χ3n) is 7.53. The van der Waals surface area contributed by atoms with Crippen molar-refractivity contribution in [3.05, 3.63) is 42.1 Å². The molecular formula is C26H31N3O4. The molecule has 0 radical (unpaired) electrons. The van der Waals surface area contributed by atoms with E-state index in [1.807, 2.05) is 24.3 Å². The van der Waals surface area contributed by atoms with Crippen LogP contribution in [0.1, 0.15) is 32.3 Å². The minimum atomic E-state index is -0.0498. The molecule has 0 spiro atoms. The summed E-state index contributed by atoms with van der Waals surface area (Å²) in [7, 11) is 0. The Morgan fingerprint density at radius 2 is 1.82 bits per heavy atom. The third kappa shape index (κ3) is 4.10. The average molecular weight is 450 g/mol. The lowest BCUT2D eigenvalue weighted by Crippen LogP contribution is -2.77. The number of hydrogen-bond acceptors (Lipinski definition) is 5. The quantitative estimate of drug-likeness (QED) is 0.704. The van der Waals surface area contributed by atoms with Crippen LogP contribution in [0.15, 0.2) is 36.5 Å². The fourth-order valence-electron chi connectivity index (χ4n) is 5.69. The summed E-state index contributed by atoms with van der Waals surface area (Å²) in [6.45, 7) is 7.23.